The molecule has 0 saturated carbocycles. The molecule has 9 heteroatoms. The Morgan fingerprint density at radius 1 is 1.09 bits per heavy atom. The third-order valence-corrected chi connectivity index (χ3v) is 7.53. The second-order valence-corrected chi connectivity index (χ2v) is 10.0. The number of nitrogens with two attached hydrogens (primary N) is 1. The van der Waals surface area contributed by atoms with E-state index in [1.807, 2.05) is 47.9 Å². The maximum atomic E-state index is 9.38. The van der Waals surface area contributed by atoms with Crippen molar-refractivity contribution in [2.75, 3.05) is 62.8 Å². The van der Waals surface area contributed by atoms with Gasteiger partial charge < -0.3 is 30.5 Å². The molecule has 2 aliphatic rings. The molecule has 5 rings (SSSR count). The standard InChI is InChI=1S/C26H33N5O3S/c27-22(20-3-1-2-19(14-20)18-32)4-5-28-25-16-24(31-8-12-34-13-9-31)26-23(29-25)15-21(35-26)17-30-6-10-33-11-7-30/h1-5,14-16,22,32H,6-13,17-18,27H2,(H,28,29)/b5-4-. The Hall–Kier alpha value is -2.53. The van der Waals surface area contributed by atoms with Crippen LogP contribution in [-0.4, -0.2) is 67.6 Å². The molecule has 0 spiro atoms. The molecule has 1 unspecified atom stereocenters. The summed E-state index contributed by atoms with van der Waals surface area (Å²) in [5.74, 6) is 0.794. The normalized spacial score (nSPS) is 18.4. The van der Waals surface area contributed by atoms with Crippen molar-refractivity contribution >= 4 is 33.1 Å². The number of aliphatic hydroxyl groups excluding tert-OH is 1. The molecule has 1 aromatic carbocycles. The molecule has 0 amide bonds. The number of nitrogens with zero attached hydrogens (tertiary/aromatic N) is 3. The van der Waals surface area contributed by atoms with Gasteiger partial charge in [0.05, 0.1) is 48.9 Å². The van der Waals surface area contributed by atoms with Crippen LogP contribution < -0.4 is 16.0 Å². The van der Waals surface area contributed by atoms with E-state index in [2.05, 4.69) is 27.2 Å². The average molecular weight is 496 g/mol. The Morgan fingerprint density at radius 2 is 1.86 bits per heavy atom. The number of pyridine rings is 1. The molecule has 2 aliphatic heterocycles. The molecular weight excluding hydrogens is 462 g/mol. The Kier molecular flexibility index (Phi) is 7.92. The van der Waals surface area contributed by atoms with Crippen LogP contribution in [0.3, 0.4) is 0 Å². The first-order valence-corrected chi connectivity index (χ1v) is 13.0. The van der Waals surface area contributed by atoms with Crippen LogP contribution in [0.5, 0.6) is 0 Å². The molecule has 4 N–H and O–H groups in total. The van der Waals surface area contributed by atoms with Crippen LogP contribution in [0, 0.1) is 0 Å². The smallest absolute Gasteiger partial charge is 0.132 e. The summed E-state index contributed by atoms with van der Waals surface area (Å²) in [5.41, 5.74) is 10.4. The second kappa shape index (κ2) is 11.5. The van der Waals surface area contributed by atoms with Gasteiger partial charge in [0.1, 0.15) is 5.82 Å². The summed E-state index contributed by atoms with van der Waals surface area (Å²) in [6.07, 6.45) is 3.77. The fourth-order valence-corrected chi connectivity index (χ4v) is 5.65. The van der Waals surface area contributed by atoms with Gasteiger partial charge in [-0.25, -0.2) is 4.98 Å². The monoisotopic (exact) mass is 495 g/mol. The van der Waals surface area contributed by atoms with Crippen molar-refractivity contribution in [1.29, 1.82) is 0 Å². The van der Waals surface area contributed by atoms with Crippen molar-refractivity contribution in [3.8, 4) is 0 Å². The summed E-state index contributed by atoms with van der Waals surface area (Å²) in [5, 5.41) is 12.7. The van der Waals surface area contributed by atoms with Crippen molar-refractivity contribution in [2.24, 2.45) is 5.73 Å². The van der Waals surface area contributed by atoms with Gasteiger partial charge in [-0.2, -0.15) is 0 Å². The summed E-state index contributed by atoms with van der Waals surface area (Å²) in [4.78, 5) is 11.1. The maximum Gasteiger partial charge on any atom is 0.132 e. The number of fused-ring (bicyclic) bond motifs is 1. The Morgan fingerprint density at radius 3 is 2.63 bits per heavy atom. The van der Waals surface area contributed by atoms with Gasteiger partial charge in [0.2, 0.25) is 0 Å². The highest BCUT2D eigenvalue weighted by molar-refractivity contribution is 7.19. The largest absolute Gasteiger partial charge is 0.392 e. The zero-order valence-corrected chi connectivity index (χ0v) is 20.7. The molecule has 1 atom stereocenters. The van der Waals surface area contributed by atoms with Crippen molar-refractivity contribution in [3.05, 3.63) is 64.7 Å². The van der Waals surface area contributed by atoms with E-state index in [4.69, 9.17) is 20.2 Å². The van der Waals surface area contributed by atoms with E-state index >= 15 is 0 Å². The highest BCUT2D eigenvalue weighted by Crippen LogP contribution is 2.36. The van der Waals surface area contributed by atoms with E-state index in [1.54, 1.807) is 0 Å². The Balaban J connectivity index is 1.37. The highest BCUT2D eigenvalue weighted by Gasteiger charge is 2.19. The van der Waals surface area contributed by atoms with Crippen molar-refractivity contribution in [3.63, 3.8) is 0 Å². The first kappa shape index (κ1) is 24.2. The lowest BCUT2D eigenvalue weighted by Crippen LogP contribution is -2.36. The molecule has 0 radical (unpaired) electrons. The quantitative estimate of drug-likeness (QED) is 0.439. The number of aromatic nitrogens is 1. The van der Waals surface area contributed by atoms with Gasteiger partial charge in [-0.15, -0.1) is 11.3 Å². The Labute approximate surface area is 210 Å². The van der Waals surface area contributed by atoms with E-state index in [9.17, 15) is 5.11 Å². The summed E-state index contributed by atoms with van der Waals surface area (Å²) in [6.45, 7) is 7.69. The van der Waals surface area contributed by atoms with Crippen LogP contribution in [0.15, 0.2) is 48.7 Å². The SMILES string of the molecule is NC(/C=C\Nc1cc(N2CCOCC2)c2sc(CN3CCOCC3)cc2n1)c1cccc(CO)c1. The highest BCUT2D eigenvalue weighted by atomic mass is 32.1. The zero-order chi connectivity index (χ0) is 24.0. The van der Waals surface area contributed by atoms with Gasteiger partial charge in [-0.3, -0.25) is 4.90 Å². The zero-order valence-electron chi connectivity index (χ0n) is 19.9. The third kappa shape index (κ3) is 6.00. The van der Waals surface area contributed by atoms with Gasteiger partial charge in [0.25, 0.3) is 0 Å². The lowest BCUT2D eigenvalue weighted by molar-refractivity contribution is 0.0346. The minimum Gasteiger partial charge on any atom is -0.392 e. The number of benzene rings is 1. The van der Waals surface area contributed by atoms with Crippen molar-refractivity contribution in [2.45, 2.75) is 19.2 Å². The van der Waals surface area contributed by atoms with E-state index < -0.39 is 0 Å². The van der Waals surface area contributed by atoms with E-state index in [0.29, 0.717) is 0 Å². The molecule has 8 nitrogen and oxygen atoms in total. The number of thiophene rings is 1. The number of hydrogen-bond acceptors (Lipinski definition) is 9. The van der Waals surface area contributed by atoms with Gasteiger partial charge in [-0.05, 0) is 23.3 Å². The van der Waals surface area contributed by atoms with E-state index in [-0.39, 0.29) is 12.6 Å². The van der Waals surface area contributed by atoms with E-state index in [1.165, 1.54) is 15.3 Å². The second-order valence-electron chi connectivity index (χ2n) is 8.87. The molecule has 4 heterocycles. The summed E-state index contributed by atoms with van der Waals surface area (Å²) in [6, 6.07) is 11.8. The van der Waals surface area contributed by atoms with Gasteiger partial charge in [0.15, 0.2) is 0 Å². The predicted octanol–water partition coefficient (Wildman–Crippen LogP) is 3.08. The number of morpholine rings is 2. The lowest BCUT2D eigenvalue weighted by atomic mass is 10.0. The molecule has 186 valence electrons. The van der Waals surface area contributed by atoms with Crippen LogP contribution in [0.4, 0.5) is 11.5 Å². The first-order chi connectivity index (χ1) is 17.2. The van der Waals surface area contributed by atoms with Crippen molar-refractivity contribution in [1.82, 2.24) is 9.88 Å². The van der Waals surface area contributed by atoms with E-state index in [0.717, 1.165) is 81.6 Å². The van der Waals surface area contributed by atoms with Gasteiger partial charge >= 0.3 is 0 Å². The topological polar surface area (TPSA) is 96.1 Å². The lowest BCUT2D eigenvalue weighted by Gasteiger charge is -2.29. The van der Waals surface area contributed by atoms with Crippen molar-refractivity contribution < 1.29 is 14.6 Å². The molecule has 0 bridgehead atoms. The number of rotatable bonds is 8. The number of nitrogens with one attached hydrogen (secondary N) is 1. The fraction of sp³-hybridized carbons (Fsp3) is 0.423. The molecule has 2 aromatic heterocycles. The average Bonchev–Trinajstić information content (AvgIpc) is 3.31. The number of ether oxygens (including phenoxy) is 2. The van der Waals surface area contributed by atoms with Crippen LogP contribution in [0.2, 0.25) is 0 Å². The molecule has 0 aliphatic carbocycles. The maximum absolute atomic E-state index is 9.38. The first-order valence-electron chi connectivity index (χ1n) is 12.1. The fourth-order valence-electron chi connectivity index (χ4n) is 4.47. The van der Waals surface area contributed by atoms with Crippen LogP contribution >= 0.6 is 11.3 Å². The van der Waals surface area contributed by atoms with Gasteiger partial charge in [0, 0.05) is 55.9 Å². The minimum absolute atomic E-state index is 0.00490. The molecule has 2 fully saturated rings. The third-order valence-electron chi connectivity index (χ3n) is 6.40. The van der Waals surface area contributed by atoms with Crippen LogP contribution in [0.25, 0.3) is 10.2 Å². The van der Waals surface area contributed by atoms with Crippen LogP contribution in [-0.2, 0) is 22.6 Å². The van der Waals surface area contributed by atoms with Crippen LogP contribution in [0.1, 0.15) is 22.0 Å². The van der Waals surface area contributed by atoms with Gasteiger partial charge in [-0.1, -0.05) is 24.3 Å². The Bertz CT molecular complexity index is 1160. The predicted molar refractivity (Wildman–Crippen MR) is 141 cm³/mol. The summed E-state index contributed by atoms with van der Waals surface area (Å²) in [7, 11) is 0. The number of anilines is 2. The molecule has 2 saturated heterocycles. The number of aliphatic hydroxyl groups is 1. The minimum atomic E-state index is -0.280. The molecule has 35 heavy (non-hydrogen) atoms. The molecular formula is C26H33N5O3S. The molecule has 3 aromatic rings. The number of hydrogen-bond donors (Lipinski definition) is 3. The summed E-state index contributed by atoms with van der Waals surface area (Å²) >= 11 is 1.84. The summed E-state index contributed by atoms with van der Waals surface area (Å²) < 4.78 is 12.3.